The number of nitrogens with zero attached hydrogens (tertiary/aromatic N) is 2. The Morgan fingerprint density at radius 2 is 2.09 bits per heavy atom. The molecule has 0 saturated carbocycles. The lowest BCUT2D eigenvalue weighted by atomic mass is 10.0. The average molecular weight is 151 g/mol. The Labute approximate surface area is 66.2 Å². The second-order valence-corrected chi connectivity index (χ2v) is 3.13. The summed E-state index contributed by atoms with van der Waals surface area (Å²) in [6.07, 6.45) is 4.81. The van der Waals surface area contributed by atoms with Gasteiger partial charge < -0.3 is 10.3 Å². The Bertz CT molecular complexity index is 275. The molecule has 11 heavy (non-hydrogen) atoms. The zero-order valence-electron chi connectivity index (χ0n) is 6.80. The fourth-order valence-electron chi connectivity index (χ4n) is 1.71. The summed E-state index contributed by atoms with van der Waals surface area (Å²) in [7, 11) is 1.99. The highest BCUT2D eigenvalue weighted by atomic mass is 15.1. The Morgan fingerprint density at radius 3 is 2.82 bits per heavy atom. The van der Waals surface area contributed by atoms with Crippen LogP contribution in [0.1, 0.15) is 24.2 Å². The number of anilines is 1. The third-order valence-electron chi connectivity index (χ3n) is 2.41. The molecule has 0 aliphatic heterocycles. The van der Waals surface area contributed by atoms with Crippen LogP contribution in [-0.2, 0) is 19.9 Å². The summed E-state index contributed by atoms with van der Waals surface area (Å²) >= 11 is 0. The average Bonchev–Trinajstić information content (AvgIpc) is 2.30. The number of imidazole rings is 1. The molecule has 0 amide bonds. The molecule has 1 aromatic rings. The van der Waals surface area contributed by atoms with Crippen molar-refractivity contribution in [2.24, 2.45) is 7.05 Å². The molecule has 1 heterocycles. The molecular formula is C8H13N3. The number of hydrogen-bond acceptors (Lipinski definition) is 2. The maximum Gasteiger partial charge on any atom is 0.200 e. The van der Waals surface area contributed by atoms with E-state index in [-0.39, 0.29) is 0 Å². The monoisotopic (exact) mass is 151 g/mol. The predicted octanol–water partition coefficient (Wildman–Crippen LogP) is 0.881. The molecule has 1 aliphatic rings. The van der Waals surface area contributed by atoms with Crippen molar-refractivity contribution in [3.63, 3.8) is 0 Å². The van der Waals surface area contributed by atoms with Gasteiger partial charge in [0.2, 0.25) is 0 Å². The molecular weight excluding hydrogens is 138 g/mol. The number of nitrogen functional groups attached to an aromatic ring is 1. The highest BCUT2D eigenvalue weighted by Gasteiger charge is 2.15. The van der Waals surface area contributed by atoms with E-state index in [1.807, 2.05) is 11.6 Å². The van der Waals surface area contributed by atoms with Gasteiger partial charge in [-0.1, -0.05) is 0 Å². The summed E-state index contributed by atoms with van der Waals surface area (Å²) in [4.78, 5) is 4.29. The molecule has 2 rings (SSSR count). The summed E-state index contributed by atoms with van der Waals surface area (Å²) < 4.78 is 2.01. The van der Waals surface area contributed by atoms with Crippen LogP contribution in [-0.4, -0.2) is 9.55 Å². The van der Waals surface area contributed by atoms with E-state index < -0.39 is 0 Å². The second kappa shape index (κ2) is 2.26. The normalized spacial score (nSPS) is 16.5. The van der Waals surface area contributed by atoms with E-state index in [4.69, 9.17) is 5.73 Å². The molecule has 0 saturated heterocycles. The summed E-state index contributed by atoms with van der Waals surface area (Å²) in [5.74, 6) is 0.664. The van der Waals surface area contributed by atoms with Crippen molar-refractivity contribution in [2.45, 2.75) is 25.7 Å². The van der Waals surface area contributed by atoms with Crippen LogP contribution in [0.4, 0.5) is 5.95 Å². The third kappa shape index (κ3) is 0.914. The Morgan fingerprint density at radius 1 is 1.36 bits per heavy atom. The number of aromatic nitrogens is 2. The first-order chi connectivity index (χ1) is 5.29. The Hall–Kier alpha value is -0.990. The molecule has 0 bridgehead atoms. The summed E-state index contributed by atoms with van der Waals surface area (Å²) in [6.45, 7) is 0. The third-order valence-corrected chi connectivity index (χ3v) is 2.41. The van der Waals surface area contributed by atoms with E-state index in [1.54, 1.807) is 0 Å². The van der Waals surface area contributed by atoms with E-state index in [2.05, 4.69) is 4.98 Å². The van der Waals surface area contributed by atoms with E-state index in [1.165, 1.54) is 24.2 Å². The van der Waals surface area contributed by atoms with Crippen LogP contribution < -0.4 is 5.73 Å². The lowest BCUT2D eigenvalue weighted by molar-refractivity contribution is 0.644. The van der Waals surface area contributed by atoms with E-state index in [0.29, 0.717) is 5.95 Å². The molecule has 0 unspecified atom stereocenters. The fourth-order valence-corrected chi connectivity index (χ4v) is 1.71. The van der Waals surface area contributed by atoms with Crippen LogP contribution in [0.2, 0.25) is 0 Å². The second-order valence-electron chi connectivity index (χ2n) is 3.13. The van der Waals surface area contributed by atoms with Gasteiger partial charge in [-0.3, -0.25) is 0 Å². The first-order valence-electron chi connectivity index (χ1n) is 4.09. The van der Waals surface area contributed by atoms with E-state index >= 15 is 0 Å². The van der Waals surface area contributed by atoms with Crippen LogP contribution in [0, 0.1) is 0 Å². The van der Waals surface area contributed by atoms with Crippen molar-refractivity contribution in [3.05, 3.63) is 11.4 Å². The quantitative estimate of drug-likeness (QED) is 0.598. The number of hydrogen-bond donors (Lipinski definition) is 1. The van der Waals surface area contributed by atoms with Crippen molar-refractivity contribution in [1.29, 1.82) is 0 Å². The lowest BCUT2D eigenvalue weighted by Gasteiger charge is -2.10. The fraction of sp³-hybridized carbons (Fsp3) is 0.625. The number of fused-ring (bicyclic) bond motifs is 1. The summed E-state index contributed by atoms with van der Waals surface area (Å²) in [6, 6.07) is 0. The van der Waals surface area contributed by atoms with Gasteiger partial charge in [-0.05, 0) is 25.7 Å². The van der Waals surface area contributed by atoms with Gasteiger partial charge in [0.1, 0.15) is 0 Å². The van der Waals surface area contributed by atoms with Gasteiger partial charge in [-0.25, -0.2) is 4.98 Å². The minimum Gasteiger partial charge on any atom is -0.369 e. The molecule has 3 heteroatoms. The lowest BCUT2D eigenvalue weighted by Crippen LogP contribution is -2.06. The molecule has 0 fully saturated rings. The molecule has 2 N–H and O–H groups in total. The highest BCUT2D eigenvalue weighted by molar-refractivity contribution is 5.30. The van der Waals surface area contributed by atoms with Crippen molar-refractivity contribution in [2.75, 3.05) is 5.73 Å². The largest absolute Gasteiger partial charge is 0.369 e. The van der Waals surface area contributed by atoms with E-state index in [9.17, 15) is 0 Å². The van der Waals surface area contributed by atoms with Crippen LogP contribution in [0.15, 0.2) is 0 Å². The SMILES string of the molecule is Cn1c(N)nc2c1CCCC2. The van der Waals surface area contributed by atoms with Gasteiger partial charge in [0, 0.05) is 12.7 Å². The summed E-state index contributed by atoms with van der Waals surface area (Å²) in [5.41, 5.74) is 8.23. The molecule has 3 nitrogen and oxygen atoms in total. The number of nitrogens with two attached hydrogens (primary N) is 1. The molecule has 0 radical (unpaired) electrons. The maximum absolute atomic E-state index is 5.67. The molecule has 1 aromatic heterocycles. The maximum atomic E-state index is 5.67. The minimum absolute atomic E-state index is 0.664. The standard InChI is InChI=1S/C8H13N3/c1-11-7-5-3-2-4-6(7)10-8(11)9/h2-5H2,1H3,(H2,9,10). The summed E-state index contributed by atoms with van der Waals surface area (Å²) in [5, 5.41) is 0. The van der Waals surface area contributed by atoms with Crippen LogP contribution in [0.25, 0.3) is 0 Å². The molecule has 0 aromatic carbocycles. The molecule has 0 atom stereocenters. The van der Waals surface area contributed by atoms with Gasteiger partial charge in [0.05, 0.1) is 5.69 Å². The topological polar surface area (TPSA) is 43.8 Å². The number of rotatable bonds is 0. The van der Waals surface area contributed by atoms with Crippen molar-refractivity contribution in [1.82, 2.24) is 9.55 Å². The molecule has 1 aliphatic carbocycles. The van der Waals surface area contributed by atoms with Gasteiger partial charge in [0.15, 0.2) is 5.95 Å². The first kappa shape index (κ1) is 6.70. The van der Waals surface area contributed by atoms with Crippen molar-refractivity contribution >= 4 is 5.95 Å². The molecule has 60 valence electrons. The van der Waals surface area contributed by atoms with Crippen LogP contribution in [0.5, 0.6) is 0 Å². The van der Waals surface area contributed by atoms with Crippen LogP contribution >= 0.6 is 0 Å². The van der Waals surface area contributed by atoms with Gasteiger partial charge in [0.25, 0.3) is 0 Å². The van der Waals surface area contributed by atoms with Gasteiger partial charge >= 0.3 is 0 Å². The minimum atomic E-state index is 0.664. The van der Waals surface area contributed by atoms with Gasteiger partial charge in [-0.2, -0.15) is 0 Å². The first-order valence-corrected chi connectivity index (χ1v) is 4.09. The zero-order chi connectivity index (χ0) is 7.84. The highest BCUT2D eigenvalue weighted by Crippen LogP contribution is 2.21. The van der Waals surface area contributed by atoms with Crippen molar-refractivity contribution in [3.8, 4) is 0 Å². The van der Waals surface area contributed by atoms with Crippen LogP contribution in [0.3, 0.4) is 0 Å². The molecule has 0 spiro atoms. The Balaban J connectivity index is 2.50. The Kier molecular flexibility index (Phi) is 1.37. The van der Waals surface area contributed by atoms with Gasteiger partial charge in [-0.15, -0.1) is 0 Å². The predicted molar refractivity (Wildman–Crippen MR) is 44.3 cm³/mol. The number of aryl methyl sites for hydroxylation is 1. The zero-order valence-corrected chi connectivity index (χ0v) is 6.80. The van der Waals surface area contributed by atoms with Crippen molar-refractivity contribution < 1.29 is 0 Å². The smallest absolute Gasteiger partial charge is 0.200 e. The van der Waals surface area contributed by atoms with E-state index in [0.717, 1.165) is 12.8 Å².